The van der Waals surface area contributed by atoms with Gasteiger partial charge in [0.25, 0.3) is 5.91 Å². The highest BCUT2D eigenvalue weighted by molar-refractivity contribution is 7.89. The number of ether oxygens (including phenoxy) is 2. The lowest BCUT2D eigenvalue weighted by Gasteiger charge is -2.25. The molecule has 28 heavy (non-hydrogen) atoms. The molecule has 0 unspecified atom stereocenters. The van der Waals surface area contributed by atoms with Crippen LogP contribution in [0.4, 0.5) is 5.69 Å². The number of fused-ring (bicyclic) bond motifs is 1. The van der Waals surface area contributed by atoms with E-state index in [9.17, 15) is 13.2 Å². The Morgan fingerprint density at radius 2 is 1.82 bits per heavy atom. The third kappa shape index (κ3) is 3.98. The molecule has 0 aromatic heterocycles. The molecule has 1 aliphatic heterocycles. The van der Waals surface area contributed by atoms with Crippen LogP contribution in [0.3, 0.4) is 0 Å². The minimum Gasteiger partial charge on any atom is -0.485 e. The van der Waals surface area contributed by atoms with E-state index in [4.69, 9.17) is 9.47 Å². The van der Waals surface area contributed by atoms with Gasteiger partial charge in [0, 0.05) is 18.8 Å². The number of sulfonamides is 1. The molecule has 0 spiro atoms. The van der Waals surface area contributed by atoms with Crippen molar-refractivity contribution in [3.05, 3.63) is 48.0 Å². The third-order valence-electron chi connectivity index (χ3n) is 4.58. The number of amides is 1. The minimum absolute atomic E-state index is 0.0826. The van der Waals surface area contributed by atoms with E-state index < -0.39 is 22.0 Å². The van der Waals surface area contributed by atoms with E-state index in [-0.39, 0.29) is 11.5 Å². The first kappa shape index (κ1) is 20.2. The lowest BCUT2D eigenvalue weighted by molar-refractivity contribution is -0.125. The molecule has 3 rings (SSSR count). The average molecular weight is 404 g/mol. The quantitative estimate of drug-likeness (QED) is 0.800. The van der Waals surface area contributed by atoms with Gasteiger partial charge in [0.15, 0.2) is 11.5 Å². The molecule has 0 aliphatic carbocycles. The summed E-state index contributed by atoms with van der Waals surface area (Å²) >= 11 is 0. The molecule has 0 saturated heterocycles. The van der Waals surface area contributed by atoms with Gasteiger partial charge < -0.3 is 14.8 Å². The predicted molar refractivity (Wildman–Crippen MR) is 106 cm³/mol. The highest BCUT2D eigenvalue weighted by atomic mass is 32.2. The van der Waals surface area contributed by atoms with Crippen molar-refractivity contribution in [2.24, 2.45) is 0 Å². The molecule has 1 heterocycles. The van der Waals surface area contributed by atoms with E-state index in [1.807, 2.05) is 6.07 Å². The number of nitrogens with zero attached hydrogens (tertiary/aromatic N) is 1. The molecule has 150 valence electrons. The van der Waals surface area contributed by atoms with Crippen molar-refractivity contribution in [1.82, 2.24) is 4.31 Å². The maximum atomic E-state index is 12.9. The molecule has 1 amide bonds. The summed E-state index contributed by atoms with van der Waals surface area (Å²) in [5.74, 6) is 0.696. The topological polar surface area (TPSA) is 84.9 Å². The molecule has 0 fully saturated rings. The maximum absolute atomic E-state index is 12.9. The second-order valence-corrected chi connectivity index (χ2v) is 8.33. The SMILES string of the molecule is CCN(CC)S(=O)(=O)c1cc(NC(=O)[C@H]2COc3ccccc3O2)ccc1C. The first-order chi connectivity index (χ1) is 13.4. The normalized spacial score (nSPS) is 16.1. The Morgan fingerprint density at radius 1 is 1.14 bits per heavy atom. The average Bonchev–Trinajstić information content (AvgIpc) is 2.69. The summed E-state index contributed by atoms with van der Waals surface area (Å²) in [6, 6.07) is 12.0. The molecule has 1 aliphatic rings. The van der Waals surface area contributed by atoms with Crippen LogP contribution >= 0.6 is 0 Å². The van der Waals surface area contributed by atoms with Crippen LogP contribution in [-0.4, -0.2) is 44.4 Å². The van der Waals surface area contributed by atoms with Crippen LogP contribution in [0.1, 0.15) is 19.4 Å². The van der Waals surface area contributed by atoms with Crippen molar-refractivity contribution in [2.45, 2.75) is 31.8 Å². The second kappa shape index (κ2) is 8.20. The van der Waals surface area contributed by atoms with E-state index in [1.54, 1.807) is 51.1 Å². The smallest absolute Gasteiger partial charge is 0.269 e. The summed E-state index contributed by atoms with van der Waals surface area (Å²) in [5.41, 5.74) is 1.01. The van der Waals surface area contributed by atoms with Crippen LogP contribution < -0.4 is 14.8 Å². The molecule has 0 bridgehead atoms. The molecule has 0 radical (unpaired) electrons. The van der Waals surface area contributed by atoms with Gasteiger partial charge in [0.05, 0.1) is 4.90 Å². The van der Waals surface area contributed by atoms with Gasteiger partial charge in [-0.05, 0) is 36.8 Å². The van der Waals surface area contributed by atoms with Gasteiger partial charge >= 0.3 is 0 Å². The summed E-state index contributed by atoms with van der Waals surface area (Å²) in [6.07, 6.45) is -0.820. The minimum atomic E-state index is -3.63. The summed E-state index contributed by atoms with van der Waals surface area (Å²) in [5, 5.41) is 2.73. The van der Waals surface area contributed by atoms with Gasteiger partial charge in [-0.2, -0.15) is 4.31 Å². The van der Waals surface area contributed by atoms with Crippen molar-refractivity contribution in [3.63, 3.8) is 0 Å². The largest absolute Gasteiger partial charge is 0.485 e. The van der Waals surface area contributed by atoms with Crippen molar-refractivity contribution < 1.29 is 22.7 Å². The number of rotatable bonds is 6. The Labute approximate surface area is 165 Å². The molecule has 7 nitrogen and oxygen atoms in total. The van der Waals surface area contributed by atoms with Crippen LogP contribution in [-0.2, 0) is 14.8 Å². The first-order valence-electron chi connectivity index (χ1n) is 9.17. The van der Waals surface area contributed by atoms with Crippen LogP contribution in [0.25, 0.3) is 0 Å². The van der Waals surface area contributed by atoms with E-state index in [1.165, 1.54) is 10.4 Å². The molecule has 2 aromatic carbocycles. The van der Waals surface area contributed by atoms with Crippen LogP contribution in [0.5, 0.6) is 11.5 Å². The number of carbonyl (C=O) groups excluding carboxylic acids is 1. The number of hydrogen-bond acceptors (Lipinski definition) is 5. The van der Waals surface area contributed by atoms with Crippen LogP contribution in [0.2, 0.25) is 0 Å². The Balaban J connectivity index is 1.79. The summed E-state index contributed by atoms with van der Waals surface area (Å²) in [7, 11) is -3.63. The zero-order valence-electron chi connectivity index (χ0n) is 16.1. The second-order valence-electron chi connectivity index (χ2n) is 6.42. The number of benzene rings is 2. The standard InChI is InChI=1S/C20H24N2O5S/c1-4-22(5-2)28(24,25)19-12-15(11-10-14(19)3)21-20(23)18-13-26-16-8-6-7-9-17(16)27-18/h6-12,18H,4-5,13H2,1-3H3,(H,21,23)/t18-/m1/s1. The maximum Gasteiger partial charge on any atom is 0.269 e. The molecule has 1 N–H and O–H groups in total. The van der Waals surface area contributed by atoms with Crippen molar-refractivity contribution in [3.8, 4) is 11.5 Å². The fourth-order valence-corrected chi connectivity index (χ4v) is 4.74. The van der Waals surface area contributed by atoms with Gasteiger partial charge in [-0.1, -0.05) is 32.0 Å². The number of anilines is 1. The zero-order chi connectivity index (χ0) is 20.3. The molecule has 0 saturated carbocycles. The first-order valence-corrected chi connectivity index (χ1v) is 10.6. The number of para-hydroxylation sites is 2. The van der Waals surface area contributed by atoms with Crippen molar-refractivity contribution >= 4 is 21.6 Å². The summed E-state index contributed by atoms with van der Waals surface area (Å²) in [6.45, 7) is 6.15. The van der Waals surface area contributed by atoms with E-state index >= 15 is 0 Å². The van der Waals surface area contributed by atoms with E-state index in [2.05, 4.69) is 5.32 Å². The highest BCUT2D eigenvalue weighted by Gasteiger charge is 2.28. The molecular weight excluding hydrogens is 380 g/mol. The number of nitrogens with one attached hydrogen (secondary N) is 1. The number of carbonyl (C=O) groups is 1. The zero-order valence-corrected chi connectivity index (χ0v) is 17.0. The molecule has 1 atom stereocenters. The Hall–Kier alpha value is -2.58. The predicted octanol–water partition coefficient (Wildman–Crippen LogP) is 2.80. The lowest BCUT2D eigenvalue weighted by atomic mass is 10.2. The van der Waals surface area contributed by atoms with E-state index in [0.29, 0.717) is 35.8 Å². The van der Waals surface area contributed by atoms with Gasteiger partial charge in [0.1, 0.15) is 6.61 Å². The third-order valence-corrected chi connectivity index (χ3v) is 6.77. The van der Waals surface area contributed by atoms with Gasteiger partial charge in [-0.25, -0.2) is 8.42 Å². The van der Waals surface area contributed by atoms with Gasteiger partial charge in [-0.3, -0.25) is 4.79 Å². The molecular formula is C20H24N2O5S. The van der Waals surface area contributed by atoms with Crippen LogP contribution in [0, 0.1) is 6.92 Å². The molecule has 8 heteroatoms. The monoisotopic (exact) mass is 404 g/mol. The highest BCUT2D eigenvalue weighted by Crippen LogP contribution is 2.31. The fraction of sp³-hybridized carbons (Fsp3) is 0.350. The Morgan fingerprint density at radius 3 is 2.50 bits per heavy atom. The van der Waals surface area contributed by atoms with Gasteiger partial charge in [-0.15, -0.1) is 0 Å². The number of hydrogen-bond donors (Lipinski definition) is 1. The van der Waals surface area contributed by atoms with Crippen LogP contribution in [0.15, 0.2) is 47.4 Å². The fourth-order valence-electron chi connectivity index (χ4n) is 3.03. The van der Waals surface area contributed by atoms with Crippen molar-refractivity contribution in [1.29, 1.82) is 0 Å². The lowest BCUT2D eigenvalue weighted by Crippen LogP contribution is -2.40. The Kier molecular flexibility index (Phi) is 5.90. The van der Waals surface area contributed by atoms with E-state index in [0.717, 1.165) is 0 Å². The summed E-state index contributed by atoms with van der Waals surface area (Å²) in [4.78, 5) is 12.8. The molecule has 2 aromatic rings. The van der Waals surface area contributed by atoms with Crippen molar-refractivity contribution in [2.75, 3.05) is 25.0 Å². The Bertz CT molecular complexity index is 970. The van der Waals surface area contributed by atoms with Gasteiger partial charge in [0.2, 0.25) is 16.1 Å². The number of aryl methyl sites for hydroxylation is 1. The summed E-state index contributed by atoms with van der Waals surface area (Å²) < 4.78 is 38.4.